The maximum Gasteiger partial charge on any atom is 0.271 e. The van der Waals surface area contributed by atoms with Gasteiger partial charge in [-0.2, -0.15) is 0 Å². The largest absolute Gasteiger partial charge is 0.488 e. The molecule has 0 saturated heterocycles. The number of aromatic nitrogens is 1. The first-order chi connectivity index (χ1) is 22.0. The number of fused-ring (bicyclic) bond motifs is 4. The van der Waals surface area contributed by atoms with Crippen LogP contribution in [-0.4, -0.2) is 4.57 Å². The molecule has 7 heteroatoms. The van der Waals surface area contributed by atoms with Gasteiger partial charge in [-0.1, -0.05) is 124 Å². The topological polar surface area (TPSA) is 43.6 Å². The molecule has 0 N–H and O–H groups in total. The van der Waals surface area contributed by atoms with E-state index in [0.717, 1.165) is 67.4 Å². The van der Waals surface area contributed by atoms with Crippen molar-refractivity contribution >= 4 is 61.4 Å². The SMILES string of the molecule is O=c1c(=Cc2c(OCc3ccc(Br)cc3)ccc3ccccc23)sc2n1C(c1ccccc1Cl)C1=C(N=2)c2ccccc2CC1. The number of hydrogen-bond acceptors (Lipinski definition) is 4. The lowest BCUT2D eigenvalue weighted by atomic mass is 9.83. The third kappa shape index (κ3) is 5.07. The van der Waals surface area contributed by atoms with E-state index in [-0.39, 0.29) is 11.6 Å². The van der Waals surface area contributed by atoms with E-state index in [0.29, 0.717) is 21.0 Å². The lowest BCUT2D eigenvalue weighted by Crippen LogP contribution is -2.38. The molecule has 2 aliphatic rings. The molecule has 1 aliphatic heterocycles. The highest BCUT2D eigenvalue weighted by Gasteiger charge is 2.33. The van der Waals surface area contributed by atoms with Crippen LogP contribution in [0.1, 0.15) is 40.3 Å². The van der Waals surface area contributed by atoms with Crippen molar-refractivity contribution in [2.45, 2.75) is 25.5 Å². The molecule has 0 saturated carbocycles. The Labute approximate surface area is 277 Å². The summed E-state index contributed by atoms with van der Waals surface area (Å²) in [5.41, 5.74) is 7.26. The zero-order valence-corrected chi connectivity index (χ0v) is 27.2. The highest BCUT2D eigenvalue weighted by molar-refractivity contribution is 9.10. The molecule has 0 bridgehead atoms. The predicted molar refractivity (Wildman–Crippen MR) is 187 cm³/mol. The summed E-state index contributed by atoms with van der Waals surface area (Å²) >= 11 is 11.8. The number of halogens is 2. The molecule has 2 heterocycles. The van der Waals surface area contributed by atoms with E-state index in [1.807, 2.05) is 77.4 Å². The summed E-state index contributed by atoms with van der Waals surface area (Å²) in [4.78, 5) is 20.3. The van der Waals surface area contributed by atoms with E-state index in [9.17, 15) is 4.79 Å². The van der Waals surface area contributed by atoms with Gasteiger partial charge in [0.2, 0.25) is 0 Å². The maximum absolute atomic E-state index is 14.5. The highest BCUT2D eigenvalue weighted by atomic mass is 79.9. The van der Waals surface area contributed by atoms with Gasteiger partial charge in [0.1, 0.15) is 12.4 Å². The van der Waals surface area contributed by atoms with Gasteiger partial charge in [0.25, 0.3) is 5.56 Å². The summed E-state index contributed by atoms with van der Waals surface area (Å²) in [6.45, 7) is 0.409. The van der Waals surface area contributed by atoms with Crippen molar-refractivity contribution in [1.82, 2.24) is 4.57 Å². The second kappa shape index (κ2) is 11.6. The van der Waals surface area contributed by atoms with Crippen LogP contribution in [0.15, 0.2) is 129 Å². The monoisotopic (exact) mass is 688 g/mol. The molecule has 1 atom stereocenters. The van der Waals surface area contributed by atoms with Crippen molar-refractivity contribution < 1.29 is 4.74 Å². The number of rotatable bonds is 5. The van der Waals surface area contributed by atoms with Crippen LogP contribution in [0, 0.1) is 0 Å². The zero-order chi connectivity index (χ0) is 30.5. The summed E-state index contributed by atoms with van der Waals surface area (Å²) in [5.74, 6) is 0.721. The summed E-state index contributed by atoms with van der Waals surface area (Å²) in [6, 6.07) is 36.3. The number of hydrogen-bond donors (Lipinski definition) is 0. The average Bonchev–Trinajstić information content (AvgIpc) is 3.38. The number of benzene rings is 5. The van der Waals surface area contributed by atoms with Gasteiger partial charge in [-0.25, -0.2) is 4.99 Å². The van der Waals surface area contributed by atoms with E-state index in [2.05, 4.69) is 58.4 Å². The number of nitrogens with zero attached hydrogens (tertiary/aromatic N) is 2. The van der Waals surface area contributed by atoms with Gasteiger partial charge in [0.15, 0.2) is 4.80 Å². The fraction of sp³-hybridized carbons (Fsp3) is 0.105. The maximum atomic E-state index is 14.5. The Morgan fingerprint density at radius 3 is 2.56 bits per heavy atom. The van der Waals surface area contributed by atoms with Crippen molar-refractivity contribution in [1.29, 1.82) is 0 Å². The molecule has 8 rings (SSSR count). The van der Waals surface area contributed by atoms with Crippen LogP contribution >= 0.6 is 38.9 Å². The molecule has 4 nitrogen and oxygen atoms in total. The predicted octanol–water partition coefficient (Wildman–Crippen LogP) is 8.47. The molecule has 6 aromatic rings. The lowest BCUT2D eigenvalue weighted by molar-refractivity contribution is 0.306. The van der Waals surface area contributed by atoms with Crippen molar-refractivity contribution in [2.75, 3.05) is 0 Å². The molecule has 0 radical (unpaired) electrons. The summed E-state index contributed by atoms with van der Waals surface area (Å²) in [7, 11) is 0. The lowest BCUT2D eigenvalue weighted by Gasteiger charge is -2.31. The smallest absolute Gasteiger partial charge is 0.271 e. The quantitative estimate of drug-likeness (QED) is 0.182. The third-order valence-electron chi connectivity index (χ3n) is 8.59. The number of thiazole rings is 1. The van der Waals surface area contributed by atoms with Gasteiger partial charge in [0, 0.05) is 20.6 Å². The molecule has 1 aromatic heterocycles. The first-order valence-electron chi connectivity index (χ1n) is 14.8. The van der Waals surface area contributed by atoms with E-state index in [1.165, 1.54) is 16.9 Å². The molecule has 220 valence electrons. The van der Waals surface area contributed by atoms with Crippen LogP contribution in [0.2, 0.25) is 5.02 Å². The van der Waals surface area contributed by atoms with Gasteiger partial charge < -0.3 is 4.74 Å². The molecular formula is C38H26BrClN2O2S. The Morgan fingerprint density at radius 2 is 1.69 bits per heavy atom. The first-order valence-corrected chi connectivity index (χ1v) is 16.8. The molecule has 1 aliphatic carbocycles. The van der Waals surface area contributed by atoms with Crippen LogP contribution in [0.4, 0.5) is 0 Å². The van der Waals surface area contributed by atoms with Gasteiger partial charge in [0.05, 0.1) is 16.3 Å². The van der Waals surface area contributed by atoms with Crippen LogP contribution in [0.3, 0.4) is 0 Å². The van der Waals surface area contributed by atoms with Crippen molar-refractivity contribution in [3.05, 3.63) is 172 Å². The Hall–Kier alpha value is -4.23. The molecule has 0 amide bonds. The summed E-state index contributed by atoms with van der Waals surface area (Å²) in [6.07, 6.45) is 3.68. The average molecular weight is 690 g/mol. The number of allylic oxidation sites excluding steroid dienone is 1. The Bertz CT molecular complexity index is 2340. The minimum absolute atomic E-state index is 0.0825. The van der Waals surface area contributed by atoms with E-state index in [1.54, 1.807) is 0 Å². The van der Waals surface area contributed by atoms with Crippen molar-refractivity contribution in [2.24, 2.45) is 4.99 Å². The van der Waals surface area contributed by atoms with E-state index in [4.69, 9.17) is 21.3 Å². The number of aryl methyl sites for hydroxylation is 1. The van der Waals surface area contributed by atoms with E-state index < -0.39 is 0 Å². The van der Waals surface area contributed by atoms with E-state index >= 15 is 0 Å². The second-order valence-electron chi connectivity index (χ2n) is 11.2. The zero-order valence-electron chi connectivity index (χ0n) is 24.0. The highest BCUT2D eigenvalue weighted by Crippen LogP contribution is 2.42. The third-order valence-corrected chi connectivity index (χ3v) is 10.4. The molecule has 5 aromatic carbocycles. The molecule has 45 heavy (non-hydrogen) atoms. The number of ether oxygens (including phenoxy) is 1. The fourth-order valence-corrected chi connectivity index (χ4v) is 7.91. The normalized spacial score (nSPS) is 15.8. The van der Waals surface area contributed by atoms with Gasteiger partial charge >= 0.3 is 0 Å². The summed E-state index contributed by atoms with van der Waals surface area (Å²) in [5, 5.41) is 2.74. The Kier molecular flexibility index (Phi) is 7.29. The van der Waals surface area contributed by atoms with Crippen LogP contribution < -0.4 is 19.6 Å². The van der Waals surface area contributed by atoms with Gasteiger partial charge in [-0.15, -0.1) is 0 Å². The summed E-state index contributed by atoms with van der Waals surface area (Å²) < 4.78 is 9.88. The van der Waals surface area contributed by atoms with Gasteiger partial charge in [-0.05, 0) is 76.2 Å². The standard InChI is InChI=1S/C38H26BrClN2O2S/c39-26-17-13-23(14-18-26)22-44-33-20-16-24-7-1-3-9-27(24)31(33)21-34-37(43)42-36(29-11-5-6-12-32(29)40)30-19-15-25-8-2-4-10-28(25)35(30)41-38(42)45-34/h1-14,16-18,20-21,36H,15,19,22H2. The second-order valence-corrected chi connectivity index (χ2v) is 13.6. The van der Waals surface area contributed by atoms with Crippen LogP contribution in [0.5, 0.6) is 5.75 Å². The molecule has 1 unspecified atom stereocenters. The minimum atomic E-state index is -0.332. The molecular weight excluding hydrogens is 664 g/mol. The van der Waals surface area contributed by atoms with Crippen LogP contribution in [-0.2, 0) is 13.0 Å². The van der Waals surface area contributed by atoms with Gasteiger partial charge in [-0.3, -0.25) is 9.36 Å². The Morgan fingerprint density at radius 1 is 0.911 bits per heavy atom. The molecule has 0 fully saturated rings. The Balaban J connectivity index is 1.33. The first kappa shape index (κ1) is 28.3. The van der Waals surface area contributed by atoms with Crippen molar-refractivity contribution in [3.8, 4) is 5.75 Å². The van der Waals surface area contributed by atoms with Crippen molar-refractivity contribution in [3.63, 3.8) is 0 Å². The molecule has 0 spiro atoms. The van der Waals surface area contributed by atoms with Crippen LogP contribution in [0.25, 0.3) is 22.5 Å². The minimum Gasteiger partial charge on any atom is -0.488 e. The fourth-order valence-electron chi connectivity index (χ4n) is 6.42.